The normalized spacial score (nSPS) is 8.00. The molecule has 4 nitrogen and oxygen atoms in total. The van der Waals surface area contributed by atoms with E-state index in [1.165, 1.54) is 0 Å². The maximum Gasteiger partial charge on any atom is 0.0635 e. The van der Waals surface area contributed by atoms with E-state index in [2.05, 4.69) is 11.0 Å². The first kappa shape index (κ1) is 6.37. The first-order chi connectivity index (χ1) is 3.41. The monoisotopic (exact) mass is 100 g/mol. The number of hydrogen-bond acceptors (Lipinski definition) is 4. The van der Waals surface area contributed by atoms with Crippen molar-refractivity contribution in [3.63, 3.8) is 0 Å². The Morgan fingerprint density at radius 3 is 2.86 bits per heavy atom. The van der Waals surface area contributed by atoms with E-state index >= 15 is 0 Å². The molecule has 0 aromatic heterocycles. The van der Waals surface area contributed by atoms with Crippen molar-refractivity contribution in [2.24, 2.45) is 5.84 Å². The highest BCUT2D eigenvalue weighted by Crippen LogP contribution is 1.63. The van der Waals surface area contributed by atoms with Gasteiger partial charge in [-0.2, -0.15) is 10.8 Å². The lowest BCUT2D eigenvalue weighted by molar-refractivity contribution is 0.562. The second-order valence-electron chi connectivity index (χ2n) is 0.979. The van der Waals surface area contributed by atoms with Crippen LogP contribution in [0.25, 0.3) is 0 Å². The lowest BCUT2D eigenvalue weighted by Gasteiger charge is -1.93. The molecular weight excluding hydrogens is 92.1 g/mol. The molecule has 4 N–H and O–H groups in total. The average molecular weight is 100 g/mol. The third kappa shape index (κ3) is 5.37. The molecule has 0 aromatic rings. The van der Waals surface area contributed by atoms with Gasteiger partial charge in [-0.25, -0.2) is 5.43 Å². The van der Waals surface area contributed by atoms with Crippen molar-refractivity contribution < 1.29 is 0 Å². The van der Waals surface area contributed by atoms with Gasteiger partial charge in [-0.3, -0.25) is 5.84 Å². The predicted octanol–water partition coefficient (Wildman–Crippen LogP) is -1.13. The van der Waals surface area contributed by atoms with Crippen molar-refractivity contribution in [1.82, 2.24) is 11.0 Å². The first-order valence-electron chi connectivity index (χ1n) is 1.97. The highest BCUT2D eigenvalue weighted by molar-refractivity contribution is 4.68. The molecule has 0 unspecified atom stereocenters. The third-order valence-electron chi connectivity index (χ3n) is 0.464. The maximum atomic E-state index is 7.93. The third-order valence-corrected chi connectivity index (χ3v) is 0.464. The van der Waals surface area contributed by atoms with Crippen molar-refractivity contribution in [3.8, 4) is 6.07 Å². The summed E-state index contributed by atoms with van der Waals surface area (Å²) in [6.07, 6.45) is 0.476. The summed E-state index contributed by atoms with van der Waals surface area (Å²) in [4.78, 5) is 0. The number of nitrogens with zero attached hydrogens (tertiary/aromatic N) is 1. The minimum atomic E-state index is 0.476. The Balaban J connectivity index is 2.60. The second-order valence-corrected chi connectivity index (χ2v) is 0.979. The Kier molecular flexibility index (Phi) is 4.89. The van der Waals surface area contributed by atoms with Crippen LogP contribution in [0.5, 0.6) is 0 Å². The molecule has 0 heterocycles. The van der Waals surface area contributed by atoms with Crippen LogP contribution in [-0.2, 0) is 0 Å². The van der Waals surface area contributed by atoms with Gasteiger partial charge in [0.25, 0.3) is 0 Å². The average Bonchev–Trinajstić information content (AvgIpc) is 1.69. The number of hydrazine groups is 2. The lowest BCUT2D eigenvalue weighted by atomic mass is 10.5. The fraction of sp³-hybridized carbons (Fsp3) is 0.667. The van der Waals surface area contributed by atoms with Crippen LogP contribution in [0.3, 0.4) is 0 Å². The summed E-state index contributed by atoms with van der Waals surface area (Å²) in [5.74, 6) is 4.80. The molecule has 0 aromatic carbocycles. The van der Waals surface area contributed by atoms with Gasteiger partial charge >= 0.3 is 0 Å². The number of nitriles is 1. The van der Waals surface area contributed by atoms with E-state index in [9.17, 15) is 0 Å². The highest BCUT2D eigenvalue weighted by Gasteiger charge is 1.75. The largest absolute Gasteiger partial charge is 0.258 e. The van der Waals surface area contributed by atoms with E-state index in [1.807, 2.05) is 6.07 Å². The molecule has 0 radical (unpaired) electrons. The fourth-order valence-corrected chi connectivity index (χ4v) is 0.191. The topological polar surface area (TPSA) is 73.9 Å². The Morgan fingerprint density at radius 1 is 1.71 bits per heavy atom. The molecule has 4 heteroatoms. The van der Waals surface area contributed by atoms with Crippen molar-refractivity contribution in [3.05, 3.63) is 0 Å². The van der Waals surface area contributed by atoms with E-state index in [4.69, 9.17) is 11.1 Å². The maximum absolute atomic E-state index is 7.93. The molecule has 0 spiro atoms. The molecule has 0 atom stereocenters. The summed E-state index contributed by atoms with van der Waals surface area (Å²) in [6.45, 7) is 0.590. The van der Waals surface area contributed by atoms with Crippen molar-refractivity contribution in [2.45, 2.75) is 6.42 Å². The molecule has 0 amide bonds. The minimum Gasteiger partial charge on any atom is -0.258 e. The number of nitrogens with two attached hydrogens (primary N) is 1. The van der Waals surface area contributed by atoms with Gasteiger partial charge in [0.2, 0.25) is 0 Å². The molecule has 0 saturated carbocycles. The molecule has 0 aliphatic rings. The van der Waals surface area contributed by atoms with Gasteiger partial charge in [0.15, 0.2) is 0 Å². The Bertz CT molecular complexity index is 63.8. The van der Waals surface area contributed by atoms with Crippen molar-refractivity contribution >= 4 is 0 Å². The quantitative estimate of drug-likeness (QED) is 0.238. The summed E-state index contributed by atoms with van der Waals surface area (Å²) < 4.78 is 0. The summed E-state index contributed by atoms with van der Waals surface area (Å²) >= 11 is 0. The van der Waals surface area contributed by atoms with Crippen LogP contribution < -0.4 is 16.8 Å². The minimum absolute atomic E-state index is 0.476. The van der Waals surface area contributed by atoms with Gasteiger partial charge < -0.3 is 0 Å². The summed E-state index contributed by atoms with van der Waals surface area (Å²) in [7, 11) is 0. The van der Waals surface area contributed by atoms with Gasteiger partial charge in [-0.15, -0.1) is 0 Å². The van der Waals surface area contributed by atoms with Crippen molar-refractivity contribution in [1.29, 1.82) is 5.26 Å². The molecule has 0 aliphatic heterocycles. The highest BCUT2D eigenvalue weighted by atomic mass is 15.5. The van der Waals surface area contributed by atoms with Crippen LogP contribution in [0.2, 0.25) is 0 Å². The molecule has 0 bridgehead atoms. The second kappa shape index (κ2) is 5.37. The van der Waals surface area contributed by atoms with E-state index in [-0.39, 0.29) is 0 Å². The van der Waals surface area contributed by atoms with Crippen LogP contribution in [0.4, 0.5) is 0 Å². The Hall–Kier alpha value is -0.630. The van der Waals surface area contributed by atoms with E-state index in [1.54, 1.807) is 0 Å². The van der Waals surface area contributed by atoms with E-state index in [0.717, 1.165) is 0 Å². The zero-order chi connectivity index (χ0) is 5.54. The summed E-state index contributed by atoms with van der Waals surface area (Å²) in [5, 5.41) is 7.93. The Labute approximate surface area is 42.2 Å². The predicted molar refractivity (Wildman–Crippen MR) is 25.6 cm³/mol. The SMILES string of the molecule is N#CCCNNN. The molecule has 0 aliphatic carbocycles. The van der Waals surface area contributed by atoms with Gasteiger partial charge in [0.1, 0.15) is 0 Å². The zero-order valence-electron chi connectivity index (χ0n) is 3.94. The molecule has 0 saturated heterocycles. The number of rotatable bonds is 3. The summed E-state index contributed by atoms with van der Waals surface area (Å²) in [6, 6.07) is 1.94. The van der Waals surface area contributed by atoms with Gasteiger partial charge in [0.05, 0.1) is 6.07 Å². The molecule has 0 rings (SSSR count). The van der Waals surface area contributed by atoms with E-state index in [0.29, 0.717) is 13.0 Å². The zero-order valence-corrected chi connectivity index (χ0v) is 3.94. The first-order valence-corrected chi connectivity index (χ1v) is 1.97. The van der Waals surface area contributed by atoms with Gasteiger partial charge in [0, 0.05) is 13.0 Å². The standard InChI is InChI=1S/C3H8N4/c4-2-1-3-6-7-5/h6-7H,1,3,5H2. The van der Waals surface area contributed by atoms with Crippen LogP contribution >= 0.6 is 0 Å². The number of nitrogens with one attached hydrogen (secondary N) is 2. The van der Waals surface area contributed by atoms with Crippen LogP contribution in [0.1, 0.15) is 6.42 Å². The fourth-order valence-electron chi connectivity index (χ4n) is 0.191. The molecule has 7 heavy (non-hydrogen) atoms. The molecule has 40 valence electrons. The number of hydrogen-bond donors (Lipinski definition) is 3. The van der Waals surface area contributed by atoms with E-state index < -0.39 is 0 Å². The van der Waals surface area contributed by atoms with Crippen LogP contribution in [-0.4, -0.2) is 6.54 Å². The van der Waals surface area contributed by atoms with Gasteiger partial charge in [-0.05, 0) is 0 Å². The van der Waals surface area contributed by atoms with Crippen LogP contribution in [0, 0.1) is 11.3 Å². The smallest absolute Gasteiger partial charge is 0.0635 e. The summed E-state index contributed by atoms with van der Waals surface area (Å²) in [5.41, 5.74) is 4.76. The molecule has 0 fully saturated rings. The van der Waals surface area contributed by atoms with Gasteiger partial charge in [-0.1, -0.05) is 0 Å². The Morgan fingerprint density at radius 2 is 2.43 bits per heavy atom. The van der Waals surface area contributed by atoms with Crippen molar-refractivity contribution in [2.75, 3.05) is 6.54 Å². The lowest BCUT2D eigenvalue weighted by Crippen LogP contribution is -2.38. The van der Waals surface area contributed by atoms with Crippen LogP contribution in [0.15, 0.2) is 0 Å². The molecular formula is C3H8N4.